The Hall–Kier alpha value is -1.62. The highest BCUT2D eigenvalue weighted by Crippen LogP contribution is 2.13. The number of hydrogen-bond acceptors (Lipinski definition) is 5. The maximum atomic E-state index is 11.0. The molecule has 0 aliphatic carbocycles. The molecular formula is C11H16N2O3. The average molecular weight is 224 g/mol. The molecule has 0 atom stereocenters. The number of pyridine rings is 1. The standard InChI is InChI=1S/C11H16N2O3/c1-13(6-4-11(15)16-2)10-3-5-12-9(7-10)8-14/h3,5,7,14H,4,6,8H2,1-2H3. The molecule has 0 saturated heterocycles. The molecule has 1 heterocycles. The van der Waals surface area contributed by atoms with Crippen LogP contribution in [0.5, 0.6) is 0 Å². The molecule has 88 valence electrons. The molecule has 0 aromatic carbocycles. The monoisotopic (exact) mass is 224 g/mol. The Morgan fingerprint density at radius 1 is 1.62 bits per heavy atom. The summed E-state index contributed by atoms with van der Waals surface area (Å²) in [6, 6.07) is 3.62. The van der Waals surface area contributed by atoms with Gasteiger partial charge in [0.2, 0.25) is 0 Å². The van der Waals surface area contributed by atoms with Crippen LogP contribution >= 0.6 is 0 Å². The van der Waals surface area contributed by atoms with Crippen LogP contribution in [0, 0.1) is 0 Å². The van der Waals surface area contributed by atoms with E-state index in [0.29, 0.717) is 18.7 Å². The molecule has 0 bridgehead atoms. The van der Waals surface area contributed by atoms with Gasteiger partial charge in [-0.25, -0.2) is 0 Å². The quantitative estimate of drug-likeness (QED) is 0.741. The molecule has 16 heavy (non-hydrogen) atoms. The summed E-state index contributed by atoms with van der Waals surface area (Å²) < 4.78 is 4.56. The summed E-state index contributed by atoms with van der Waals surface area (Å²) in [5.74, 6) is -0.233. The molecule has 5 heteroatoms. The van der Waals surface area contributed by atoms with Crippen molar-refractivity contribution in [3.63, 3.8) is 0 Å². The fourth-order valence-electron chi connectivity index (χ4n) is 1.28. The first kappa shape index (κ1) is 12.4. The van der Waals surface area contributed by atoms with Gasteiger partial charge in [-0.1, -0.05) is 0 Å². The summed E-state index contributed by atoms with van der Waals surface area (Å²) in [4.78, 5) is 16.9. The summed E-state index contributed by atoms with van der Waals surface area (Å²) in [5.41, 5.74) is 1.53. The first-order valence-electron chi connectivity index (χ1n) is 5.01. The van der Waals surface area contributed by atoms with Gasteiger partial charge in [0.25, 0.3) is 0 Å². The lowest BCUT2D eigenvalue weighted by Gasteiger charge is -2.18. The number of rotatable bonds is 5. The lowest BCUT2D eigenvalue weighted by atomic mass is 10.3. The largest absolute Gasteiger partial charge is 0.469 e. The van der Waals surface area contributed by atoms with E-state index in [0.717, 1.165) is 5.69 Å². The van der Waals surface area contributed by atoms with Crippen molar-refractivity contribution in [1.29, 1.82) is 0 Å². The van der Waals surface area contributed by atoms with E-state index < -0.39 is 0 Å². The number of aromatic nitrogens is 1. The summed E-state index contributed by atoms with van der Waals surface area (Å²) in [6.45, 7) is 0.486. The second-order valence-electron chi connectivity index (χ2n) is 3.41. The van der Waals surface area contributed by atoms with E-state index in [9.17, 15) is 4.79 Å². The first-order chi connectivity index (χ1) is 7.67. The van der Waals surface area contributed by atoms with E-state index in [2.05, 4.69) is 9.72 Å². The van der Waals surface area contributed by atoms with Crippen molar-refractivity contribution in [3.8, 4) is 0 Å². The van der Waals surface area contributed by atoms with Gasteiger partial charge < -0.3 is 14.7 Å². The number of hydrogen-bond donors (Lipinski definition) is 1. The van der Waals surface area contributed by atoms with Crippen molar-refractivity contribution in [1.82, 2.24) is 4.98 Å². The van der Waals surface area contributed by atoms with Crippen molar-refractivity contribution >= 4 is 11.7 Å². The smallest absolute Gasteiger partial charge is 0.307 e. The molecule has 0 fully saturated rings. The minimum absolute atomic E-state index is 0.0846. The second kappa shape index (κ2) is 6.07. The predicted molar refractivity (Wildman–Crippen MR) is 60.1 cm³/mol. The highest BCUT2D eigenvalue weighted by Gasteiger charge is 2.05. The van der Waals surface area contributed by atoms with Crippen molar-refractivity contribution in [2.45, 2.75) is 13.0 Å². The van der Waals surface area contributed by atoms with Crippen molar-refractivity contribution in [2.24, 2.45) is 0 Å². The molecule has 0 radical (unpaired) electrons. The zero-order chi connectivity index (χ0) is 12.0. The minimum Gasteiger partial charge on any atom is -0.469 e. The summed E-state index contributed by atoms with van der Waals surface area (Å²) in [7, 11) is 3.25. The van der Waals surface area contributed by atoms with Gasteiger partial charge in [-0.05, 0) is 12.1 Å². The molecule has 0 spiro atoms. The lowest BCUT2D eigenvalue weighted by Crippen LogP contribution is -2.21. The number of nitrogens with zero attached hydrogens (tertiary/aromatic N) is 2. The normalized spacial score (nSPS) is 9.94. The zero-order valence-corrected chi connectivity index (χ0v) is 9.51. The van der Waals surface area contributed by atoms with Gasteiger partial charge in [-0.3, -0.25) is 9.78 Å². The van der Waals surface area contributed by atoms with Crippen LogP contribution in [0.2, 0.25) is 0 Å². The predicted octanol–water partition coefficient (Wildman–Crippen LogP) is 0.573. The topological polar surface area (TPSA) is 62.7 Å². The van der Waals surface area contributed by atoms with Crippen LogP contribution < -0.4 is 4.90 Å². The van der Waals surface area contributed by atoms with Gasteiger partial charge >= 0.3 is 5.97 Å². The van der Waals surface area contributed by atoms with Gasteiger partial charge in [0.1, 0.15) is 0 Å². The first-order valence-corrected chi connectivity index (χ1v) is 5.01. The van der Waals surface area contributed by atoms with Crippen molar-refractivity contribution in [3.05, 3.63) is 24.0 Å². The molecule has 0 saturated carbocycles. The zero-order valence-electron chi connectivity index (χ0n) is 9.51. The number of aliphatic hydroxyl groups is 1. The van der Waals surface area contributed by atoms with Gasteiger partial charge in [0, 0.05) is 25.5 Å². The minimum atomic E-state index is -0.233. The molecule has 1 aromatic rings. The molecule has 0 aliphatic rings. The van der Waals surface area contributed by atoms with Gasteiger partial charge in [0.15, 0.2) is 0 Å². The maximum Gasteiger partial charge on any atom is 0.307 e. The van der Waals surface area contributed by atoms with E-state index in [-0.39, 0.29) is 12.6 Å². The SMILES string of the molecule is COC(=O)CCN(C)c1ccnc(CO)c1. The molecule has 5 nitrogen and oxygen atoms in total. The van der Waals surface area contributed by atoms with Crippen LogP contribution in [-0.4, -0.2) is 36.8 Å². The Kier molecular flexibility index (Phi) is 4.72. The fraction of sp³-hybridized carbons (Fsp3) is 0.455. The Morgan fingerprint density at radius 3 is 3.00 bits per heavy atom. The maximum absolute atomic E-state index is 11.0. The Labute approximate surface area is 94.7 Å². The number of methoxy groups -OCH3 is 1. The van der Waals surface area contributed by atoms with Crippen LogP contribution in [0.15, 0.2) is 18.3 Å². The van der Waals surface area contributed by atoms with E-state index in [4.69, 9.17) is 5.11 Å². The van der Waals surface area contributed by atoms with Crippen LogP contribution in [0.25, 0.3) is 0 Å². The van der Waals surface area contributed by atoms with E-state index >= 15 is 0 Å². The van der Waals surface area contributed by atoms with Crippen molar-refractivity contribution < 1.29 is 14.6 Å². The number of aliphatic hydroxyl groups excluding tert-OH is 1. The average Bonchev–Trinajstić information content (AvgIpc) is 2.35. The molecular weight excluding hydrogens is 208 g/mol. The highest BCUT2D eigenvalue weighted by atomic mass is 16.5. The van der Waals surface area contributed by atoms with Crippen LogP contribution in [0.4, 0.5) is 5.69 Å². The number of carbonyl (C=O) groups excluding carboxylic acids is 1. The van der Waals surface area contributed by atoms with E-state index in [1.807, 2.05) is 18.0 Å². The fourth-order valence-corrected chi connectivity index (χ4v) is 1.28. The molecule has 1 aromatic heterocycles. The number of anilines is 1. The summed E-state index contributed by atoms with van der Waals surface area (Å²) in [6.07, 6.45) is 1.97. The van der Waals surface area contributed by atoms with Gasteiger partial charge in [-0.15, -0.1) is 0 Å². The lowest BCUT2D eigenvalue weighted by molar-refractivity contribution is -0.140. The van der Waals surface area contributed by atoms with Crippen LogP contribution in [0.1, 0.15) is 12.1 Å². The third kappa shape index (κ3) is 3.51. The number of esters is 1. The third-order valence-electron chi connectivity index (χ3n) is 2.28. The molecule has 0 unspecified atom stereocenters. The summed E-state index contributed by atoms with van der Waals surface area (Å²) in [5, 5.41) is 8.94. The second-order valence-corrected chi connectivity index (χ2v) is 3.41. The highest BCUT2D eigenvalue weighted by molar-refractivity contribution is 5.70. The molecule has 1 rings (SSSR count). The van der Waals surface area contributed by atoms with Gasteiger partial charge in [0.05, 0.1) is 25.8 Å². The number of carbonyl (C=O) groups is 1. The molecule has 0 amide bonds. The Balaban J connectivity index is 2.58. The van der Waals surface area contributed by atoms with E-state index in [1.165, 1.54) is 7.11 Å². The number of ether oxygens (including phenoxy) is 1. The van der Waals surface area contributed by atoms with E-state index in [1.54, 1.807) is 12.3 Å². The Bertz CT molecular complexity index is 355. The van der Waals surface area contributed by atoms with Crippen LogP contribution in [-0.2, 0) is 16.1 Å². The third-order valence-corrected chi connectivity index (χ3v) is 2.28. The molecule has 0 aliphatic heterocycles. The molecule has 1 N–H and O–H groups in total. The Morgan fingerprint density at radius 2 is 2.38 bits per heavy atom. The van der Waals surface area contributed by atoms with Crippen LogP contribution in [0.3, 0.4) is 0 Å². The van der Waals surface area contributed by atoms with Gasteiger partial charge in [-0.2, -0.15) is 0 Å². The summed E-state index contributed by atoms with van der Waals surface area (Å²) >= 11 is 0. The van der Waals surface area contributed by atoms with Crippen molar-refractivity contribution in [2.75, 3.05) is 25.6 Å².